The van der Waals surface area contributed by atoms with Crippen LogP contribution < -0.4 is 5.32 Å². The fraction of sp³-hybridized carbons (Fsp3) is 0.161. The Bertz CT molecular complexity index is 1600. The number of rotatable bonds is 4. The van der Waals surface area contributed by atoms with Crippen molar-refractivity contribution < 1.29 is 9.18 Å². The molecular weight excluding hydrogens is 477 g/mol. The molecule has 2 amide bonds. The summed E-state index contributed by atoms with van der Waals surface area (Å²) in [5.41, 5.74) is 6.01. The van der Waals surface area contributed by atoms with Crippen molar-refractivity contribution in [1.82, 2.24) is 19.2 Å². The minimum Gasteiger partial charge on any atom is -0.307 e. The quantitative estimate of drug-likeness (QED) is 0.292. The Morgan fingerprint density at radius 2 is 1.71 bits per heavy atom. The summed E-state index contributed by atoms with van der Waals surface area (Å²) in [5.74, 6) is 0.434. The largest absolute Gasteiger partial charge is 0.323 e. The molecule has 1 aliphatic heterocycles. The highest BCUT2D eigenvalue weighted by molar-refractivity contribution is 5.90. The Kier molecular flexibility index (Phi) is 6.04. The molecule has 7 heteroatoms. The number of carbonyl (C=O) groups is 1. The Balaban J connectivity index is 1.56. The smallest absolute Gasteiger partial charge is 0.307 e. The van der Waals surface area contributed by atoms with Crippen LogP contribution >= 0.6 is 0 Å². The zero-order valence-corrected chi connectivity index (χ0v) is 21.3. The normalized spacial score (nSPS) is 14.5. The highest BCUT2D eigenvalue weighted by atomic mass is 19.1. The number of nitrogens with zero attached hydrogens (tertiary/aromatic N) is 4. The Labute approximate surface area is 221 Å². The molecule has 5 aromatic rings. The van der Waals surface area contributed by atoms with Crippen molar-refractivity contribution in [3.8, 4) is 11.5 Å². The monoisotopic (exact) mass is 505 g/mol. The zero-order chi connectivity index (χ0) is 26.2. The van der Waals surface area contributed by atoms with Crippen molar-refractivity contribution in [2.24, 2.45) is 0 Å². The van der Waals surface area contributed by atoms with E-state index in [-0.39, 0.29) is 11.7 Å². The zero-order valence-electron chi connectivity index (χ0n) is 21.3. The van der Waals surface area contributed by atoms with E-state index >= 15 is 0 Å². The molecular formula is C31H28FN5O. The maximum atomic E-state index is 14.5. The molecule has 3 heterocycles. The Morgan fingerprint density at radius 3 is 2.45 bits per heavy atom. The SMILES string of the molecule is CCc1nn(-c2ccccc2)c2c1CN(C(=O)Nc1ccccc1F)C(c1ccc(C)cc1)c1cccn1-2. The van der Waals surface area contributed by atoms with E-state index in [0.29, 0.717) is 13.0 Å². The van der Waals surface area contributed by atoms with E-state index < -0.39 is 11.9 Å². The highest BCUT2D eigenvalue weighted by Gasteiger charge is 2.36. The fourth-order valence-corrected chi connectivity index (χ4v) is 5.20. The summed E-state index contributed by atoms with van der Waals surface area (Å²) in [4.78, 5) is 15.7. The predicted octanol–water partition coefficient (Wildman–Crippen LogP) is 6.81. The average molecular weight is 506 g/mol. The molecule has 1 N–H and O–H groups in total. The van der Waals surface area contributed by atoms with Crippen LogP contribution in [-0.4, -0.2) is 25.3 Å². The second kappa shape index (κ2) is 9.67. The van der Waals surface area contributed by atoms with Gasteiger partial charge in [0.05, 0.1) is 35.3 Å². The summed E-state index contributed by atoms with van der Waals surface area (Å²) in [5, 5.41) is 7.80. The van der Waals surface area contributed by atoms with Gasteiger partial charge >= 0.3 is 6.03 Å². The molecule has 1 atom stereocenters. The lowest BCUT2D eigenvalue weighted by molar-refractivity contribution is 0.194. The fourth-order valence-electron chi connectivity index (χ4n) is 5.20. The summed E-state index contributed by atoms with van der Waals surface area (Å²) < 4.78 is 18.6. The molecule has 1 aliphatic rings. The molecule has 0 fully saturated rings. The predicted molar refractivity (Wildman–Crippen MR) is 146 cm³/mol. The number of hydrogen-bond acceptors (Lipinski definition) is 2. The van der Waals surface area contributed by atoms with Gasteiger partial charge in [-0.2, -0.15) is 5.10 Å². The first-order valence-electron chi connectivity index (χ1n) is 12.8. The minimum absolute atomic E-state index is 0.149. The van der Waals surface area contributed by atoms with Gasteiger partial charge in [0.15, 0.2) is 0 Å². The van der Waals surface area contributed by atoms with Crippen LogP contribution in [0.1, 0.15) is 41.0 Å². The molecule has 1 unspecified atom stereocenters. The second-order valence-corrected chi connectivity index (χ2v) is 9.50. The van der Waals surface area contributed by atoms with E-state index in [0.717, 1.165) is 39.6 Å². The van der Waals surface area contributed by atoms with Gasteiger partial charge in [0.1, 0.15) is 11.6 Å². The van der Waals surface area contributed by atoms with Gasteiger partial charge in [-0.3, -0.25) is 0 Å². The average Bonchev–Trinajstić information content (AvgIpc) is 3.52. The number of urea groups is 1. The van der Waals surface area contributed by atoms with E-state index in [9.17, 15) is 9.18 Å². The molecule has 38 heavy (non-hydrogen) atoms. The first-order chi connectivity index (χ1) is 18.5. The number of hydrogen-bond donors (Lipinski definition) is 1. The topological polar surface area (TPSA) is 55.1 Å². The molecule has 3 aromatic carbocycles. The maximum Gasteiger partial charge on any atom is 0.323 e. The van der Waals surface area contributed by atoms with Crippen molar-refractivity contribution in [3.63, 3.8) is 0 Å². The van der Waals surface area contributed by atoms with Crippen molar-refractivity contribution in [3.05, 3.63) is 131 Å². The number of benzene rings is 3. The summed E-state index contributed by atoms with van der Waals surface area (Å²) in [6, 6.07) is 27.7. The van der Waals surface area contributed by atoms with Crippen LogP contribution in [0.3, 0.4) is 0 Å². The summed E-state index contributed by atoms with van der Waals surface area (Å²) >= 11 is 0. The van der Waals surface area contributed by atoms with Crippen LogP contribution in [0.2, 0.25) is 0 Å². The number of fused-ring (bicyclic) bond motifs is 3. The molecule has 6 nitrogen and oxygen atoms in total. The van der Waals surface area contributed by atoms with Gasteiger partial charge in [0.2, 0.25) is 0 Å². The van der Waals surface area contributed by atoms with Crippen LogP contribution in [0.4, 0.5) is 14.9 Å². The lowest BCUT2D eigenvalue weighted by Gasteiger charge is -2.31. The molecule has 6 rings (SSSR count). The van der Waals surface area contributed by atoms with Crippen LogP contribution in [0.5, 0.6) is 0 Å². The standard InChI is InChI=1S/C31H28FN5O/c1-3-26-24-20-36(31(38)33-27-13-8-7-12-25(27)32)29(22-17-15-21(2)16-18-22)28-14-9-19-35(28)30(24)37(34-26)23-10-5-4-6-11-23/h4-19,29H,3,20H2,1-2H3,(H,33,38). The van der Waals surface area contributed by atoms with E-state index in [2.05, 4.69) is 41.1 Å². The highest BCUT2D eigenvalue weighted by Crippen LogP contribution is 2.39. The number of aryl methyl sites for hydroxylation is 2. The number of carbonyl (C=O) groups excluding carboxylic acids is 1. The van der Waals surface area contributed by atoms with Crippen LogP contribution in [0, 0.1) is 12.7 Å². The lowest BCUT2D eigenvalue weighted by atomic mass is 10.0. The number of para-hydroxylation sites is 2. The number of halogens is 1. The maximum absolute atomic E-state index is 14.5. The Hall–Kier alpha value is -4.65. The molecule has 0 radical (unpaired) electrons. The van der Waals surface area contributed by atoms with Crippen molar-refractivity contribution in [2.75, 3.05) is 5.32 Å². The molecule has 0 bridgehead atoms. The third-order valence-electron chi connectivity index (χ3n) is 7.07. The molecule has 2 aromatic heterocycles. The van der Waals surface area contributed by atoms with Gasteiger partial charge in [0, 0.05) is 11.8 Å². The third-order valence-corrected chi connectivity index (χ3v) is 7.07. The summed E-state index contributed by atoms with van der Waals surface area (Å²) in [6.45, 7) is 4.42. The van der Waals surface area contributed by atoms with E-state index in [1.807, 2.05) is 60.3 Å². The molecule has 0 saturated heterocycles. The first-order valence-corrected chi connectivity index (χ1v) is 12.8. The van der Waals surface area contributed by atoms with E-state index in [1.54, 1.807) is 23.1 Å². The van der Waals surface area contributed by atoms with Crippen molar-refractivity contribution >= 4 is 11.7 Å². The van der Waals surface area contributed by atoms with E-state index in [1.165, 1.54) is 6.07 Å². The van der Waals surface area contributed by atoms with Gasteiger partial charge in [-0.15, -0.1) is 0 Å². The molecule has 0 saturated carbocycles. The van der Waals surface area contributed by atoms with Crippen molar-refractivity contribution in [2.45, 2.75) is 32.9 Å². The van der Waals surface area contributed by atoms with Gasteiger partial charge in [-0.1, -0.05) is 67.1 Å². The summed E-state index contributed by atoms with van der Waals surface area (Å²) in [6.07, 6.45) is 2.73. The van der Waals surface area contributed by atoms with Crippen LogP contribution in [-0.2, 0) is 13.0 Å². The number of amides is 2. The molecule has 0 spiro atoms. The summed E-state index contributed by atoms with van der Waals surface area (Å²) in [7, 11) is 0. The van der Waals surface area contributed by atoms with Gasteiger partial charge < -0.3 is 14.8 Å². The van der Waals surface area contributed by atoms with Crippen LogP contribution in [0.25, 0.3) is 11.5 Å². The molecule has 0 aliphatic carbocycles. The Morgan fingerprint density at radius 1 is 0.974 bits per heavy atom. The van der Waals surface area contributed by atoms with Gasteiger partial charge in [-0.05, 0) is 55.3 Å². The lowest BCUT2D eigenvalue weighted by Crippen LogP contribution is -2.38. The van der Waals surface area contributed by atoms with Gasteiger partial charge in [0.25, 0.3) is 0 Å². The number of aromatic nitrogens is 3. The minimum atomic E-state index is -0.474. The van der Waals surface area contributed by atoms with E-state index in [4.69, 9.17) is 5.10 Å². The molecule has 190 valence electrons. The van der Waals surface area contributed by atoms with Crippen molar-refractivity contribution in [1.29, 1.82) is 0 Å². The number of nitrogens with one attached hydrogen (secondary N) is 1. The third kappa shape index (κ3) is 4.06. The van der Waals surface area contributed by atoms with Gasteiger partial charge in [-0.25, -0.2) is 13.9 Å². The number of anilines is 1. The first kappa shape index (κ1) is 23.7. The second-order valence-electron chi connectivity index (χ2n) is 9.50. The van der Waals surface area contributed by atoms with Crippen LogP contribution in [0.15, 0.2) is 97.2 Å².